The molecule has 0 saturated carbocycles. The number of Topliss-reactive ketones (excluding diaryl/α,β-unsaturated/α-hetero) is 1. The van der Waals surface area contributed by atoms with Crippen molar-refractivity contribution in [2.75, 3.05) is 5.73 Å². The van der Waals surface area contributed by atoms with Gasteiger partial charge in [-0.1, -0.05) is 0 Å². The van der Waals surface area contributed by atoms with Gasteiger partial charge in [-0.3, -0.25) is 4.79 Å². The molecule has 0 heterocycles. The third-order valence-electron chi connectivity index (χ3n) is 1.68. The Morgan fingerprint density at radius 1 is 1.47 bits per heavy atom. The Balaban J connectivity index is 3.17. The second-order valence-corrected chi connectivity index (χ2v) is 2.81. The van der Waals surface area contributed by atoms with E-state index in [2.05, 4.69) is 4.74 Å². The van der Waals surface area contributed by atoms with Gasteiger partial charge in [-0.05, 0) is 13.0 Å². The number of nitrogens with two attached hydrogens (primary N) is 1. The molecule has 0 aliphatic rings. The number of carbonyl (C=O) groups excluding carboxylic acids is 1. The Morgan fingerprint density at radius 3 is 2.53 bits per heavy atom. The van der Waals surface area contributed by atoms with Crippen LogP contribution in [0.5, 0.6) is 5.75 Å². The SMILES string of the molecule is CC(=O)c1cc(OC(F)F)cc(N)c1F. The summed E-state index contributed by atoms with van der Waals surface area (Å²) in [4.78, 5) is 10.9. The van der Waals surface area contributed by atoms with Gasteiger partial charge in [0.25, 0.3) is 0 Å². The lowest BCUT2D eigenvalue weighted by atomic mass is 10.1. The lowest BCUT2D eigenvalue weighted by Crippen LogP contribution is -2.06. The van der Waals surface area contributed by atoms with Crippen molar-refractivity contribution in [1.29, 1.82) is 0 Å². The Bertz CT molecular complexity index is 393. The van der Waals surface area contributed by atoms with Gasteiger partial charge in [0.2, 0.25) is 0 Å². The average Bonchev–Trinajstić information content (AvgIpc) is 2.09. The minimum Gasteiger partial charge on any atom is -0.435 e. The molecule has 0 aromatic heterocycles. The summed E-state index contributed by atoms with van der Waals surface area (Å²) in [7, 11) is 0. The second kappa shape index (κ2) is 4.20. The van der Waals surface area contributed by atoms with Crippen LogP contribution in [-0.2, 0) is 0 Å². The first-order chi connectivity index (χ1) is 6.91. The van der Waals surface area contributed by atoms with Crippen LogP contribution in [-0.4, -0.2) is 12.4 Å². The average molecular weight is 219 g/mol. The van der Waals surface area contributed by atoms with E-state index < -0.39 is 23.9 Å². The van der Waals surface area contributed by atoms with Crippen LogP contribution in [0.3, 0.4) is 0 Å². The Kier molecular flexibility index (Phi) is 3.18. The van der Waals surface area contributed by atoms with E-state index in [1.54, 1.807) is 0 Å². The van der Waals surface area contributed by atoms with Crippen LogP contribution in [0.1, 0.15) is 17.3 Å². The molecule has 0 unspecified atom stereocenters. The van der Waals surface area contributed by atoms with Gasteiger partial charge in [-0.25, -0.2) is 4.39 Å². The number of nitrogen functional groups attached to an aromatic ring is 1. The molecule has 0 atom stereocenters. The minimum atomic E-state index is -3.05. The quantitative estimate of drug-likeness (QED) is 0.626. The summed E-state index contributed by atoms with van der Waals surface area (Å²) in [5, 5.41) is 0. The summed E-state index contributed by atoms with van der Waals surface area (Å²) >= 11 is 0. The van der Waals surface area contributed by atoms with Crippen molar-refractivity contribution >= 4 is 11.5 Å². The molecule has 3 nitrogen and oxygen atoms in total. The Hall–Kier alpha value is -1.72. The number of anilines is 1. The molecule has 0 bridgehead atoms. The molecule has 2 N–H and O–H groups in total. The molecule has 0 radical (unpaired) electrons. The van der Waals surface area contributed by atoms with Crippen LogP contribution in [0.25, 0.3) is 0 Å². The van der Waals surface area contributed by atoms with Crippen molar-refractivity contribution in [1.82, 2.24) is 0 Å². The summed E-state index contributed by atoms with van der Waals surface area (Å²) < 4.78 is 40.9. The Morgan fingerprint density at radius 2 is 2.07 bits per heavy atom. The molecule has 0 aliphatic heterocycles. The third-order valence-corrected chi connectivity index (χ3v) is 1.68. The number of ether oxygens (including phenoxy) is 1. The molecular weight excluding hydrogens is 211 g/mol. The summed E-state index contributed by atoms with van der Waals surface area (Å²) in [5.41, 5.74) is 4.41. The van der Waals surface area contributed by atoms with Gasteiger partial charge in [-0.15, -0.1) is 0 Å². The molecule has 1 aromatic rings. The van der Waals surface area contributed by atoms with Gasteiger partial charge in [0.15, 0.2) is 11.6 Å². The lowest BCUT2D eigenvalue weighted by molar-refractivity contribution is -0.0498. The van der Waals surface area contributed by atoms with Gasteiger partial charge in [0.1, 0.15) is 5.75 Å². The fourth-order valence-corrected chi connectivity index (χ4v) is 1.05. The van der Waals surface area contributed by atoms with Crippen LogP contribution < -0.4 is 10.5 Å². The topological polar surface area (TPSA) is 52.3 Å². The fourth-order valence-electron chi connectivity index (χ4n) is 1.05. The molecule has 82 valence electrons. The first-order valence-corrected chi connectivity index (χ1v) is 3.96. The molecule has 0 saturated heterocycles. The minimum absolute atomic E-state index is 0.339. The normalized spacial score (nSPS) is 10.5. The van der Waals surface area contributed by atoms with Crippen LogP contribution in [0.4, 0.5) is 18.9 Å². The number of rotatable bonds is 3. The zero-order valence-corrected chi connectivity index (χ0v) is 7.76. The molecule has 1 aromatic carbocycles. The van der Waals surface area contributed by atoms with E-state index in [0.717, 1.165) is 19.1 Å². The highest BCUT2D eigenvalue weighted by molar-refractivity contribution is 5.95. The van der Waals surface area contributed by atoms with Crippen molar-refractivity contribution < 1.29 is 22.7 Å². The third kappa shape index (κ3) is 2.61. The van der Waals surface area contributed by atoms with E-state index in [1.165, 1.54) is 0 Å². The monoisotopic (exact) mass is 219 g/mol. The fraction of sp³-hybridized carbons (Fsp3) is 0.222. The number of halogens is 3. The molecular formula is C9H8F3NO2. The Labute approximate surface area is 83.6 Å². The number of ketones is 1. The number of hydrogen-bond acceptors (Lipinski definition) is 3. The number of alkyl halides is 2. The maximum atomic E-state index is 13.2. The van der Waals surface area contributed by atoms with Crippen LogP contribution in [0.2, 0.25) is 0 Å². The van der Waals surface area contributed by atoms with E-state index in [1.807, 2.05) is 0 Å². The van der Waals surface area contributed by atoms with Crippen molar-refractivity contribution in [2.24, 2.45) is 0 Å². The molecule has 0 aliphatic carbocycles. The van der Waals surface area contributed by atoms with Crippen molar-refractivity contribution in [3.63, 3.8) is 0 Å². The van der Waals surface area contributed by atoms with Crippen molar-refractivity contribution in [2.45, 2.75) is 13.5 Å². The maximum absolute atomic E-state index is 13.2. The largest absolute Gasteiger partial charge is 0.435 e. The number of hydrogen-bond donors (Lipinski definition) is 1. The number of benzene rings is 1. The van der Waals surface area contributed by atoms with Crippen LogP contribution in [0.15, 0.2) is 12.1 Å². The van der Waals surface area contributed by atoms with Crippen LogP contribution in [0, 0.1) is 5.82 Å². The molecule has 6 heteroatoms. The van der Waals surface area contributed by atoms with Crippen molar-refractivity contribution in [3.8, 4) is 5.75 Å². The van der Waals surface area contributed by atoms with Gasteiger partial charge >= 0.3 is 6.61 Å². The van der Waals surface area contributed by atoms with Crippen LogP contribution >= 0.6 is 0 Å². The van der Waals surface area contributed by atoms with Crippen molar-refractivity contribution in [3.05, 3.63) is 23.5 Å². The first-order valence-electron chi connectivity index (χ1n) is 3.96. The lowest BCUT2D eigenvalue weighted by Gasteiger charge is -2.08. The van der Waals surface area contributed by atoms with Gasteiger partial charge < -0.3 is 10.5 Å². The summed E-state index contributed by atoms with van der Waals surface area (Å²) in [6.45, 7) is -1.95. The first kappa shape index (κ1) is 11.4. The predicted molar refractivity (Wildman–Crippen MR) is 47.4 cm³/mol. The molecule has 1 rings (SSSR count). The zero-order chi connectivity index (χ0) is 11.6. The smallest absolute Gasteiger partial charge is 0.387 e. The van der Waals surface area contributed by atoms with Gasteiger partial charge in [0.05, 0.1) is 11.3 Å². The summed E-state index contributed by atoms with van der Waals surface area (Å²) in [6, 6.07) is 1.79. The highest BCUT2D eigenvalue weighted by Gasteiger charge is 2.14. The van der Waals surface area contributed by atoms with E-state index in [-0.39, 0.29) is 11.3 Å². The highest BCUT2D eigenvalue weighted by atomic mass is 19.3. The van der Waals surface area contributed by atoms with E-state index in [0.29, 0.717) is 0 Å². The molecule has 0 spiro atoms. The van der Waals surface area contributed by atoms with Gasteiger partial charge in [-0.2, -0.15) is 8.78 Å². The van der Waals surface area contributed by atoms with E-state index in [4.69, 9.17) is 5.73 Å². The standard InChI is InChI=1S/C9H8F3NO2/c1-4(14)6-2-5(15-9(11)12)3-7(13)8(6)10/h2-3,9H,13H2,1H3. The van der Waals surface area contributed by atoms with E-state index in [9.17, 15) is 18.0 Å². The molecule has 0 fully saturated rings. The maximum Gasteiger partial charge on any atom is 0.387 e. The second-order valence-electron chi connectivity index (χ2n) is 2.81. The molecule has 15 heavy (non-hydrogen) atoms. The van der Waals surface area contributed by atoms with E-state index >= 15 is 0 Å². The summed E-state index contributed by atoms with van der Waals surface area (Å²) in [6.07, 6.45) is 0. The summed E-state index contributed by atoms with van der Waals surface area (Å²) in [5.74, 6) is -1.88. The highest BCUT2D eigenvalue weighted by Crippen LogP contribution is 2.24. The zero-order valence-electron chi connectivity index (χ0n) is 7.76. The molecule has 0 amide bonds. The predicted octanol–water partition coefficient (Wildman–Crippen LogP) is 2.21. The number of carbonyl (C=O) groups is 1. The van der Waals surface area contributed by atoms with Gasteiger partial charge in [0, 0.05) is 6.07 Å².